The van der Waals surface area contributed by atoms with E-state index in [9.17, 15) is 14.9 Å². The van der Waals surface area contributed by atoms with Gasteiger partial charge in [0.05, 0.1) is 4.92 Å². The van der Waals surface area contributed by atoms with Crippen molar-refractivity contribution in [3.63, 3.8) is 0 Å². The van der Waals surface area contributed by atoms with E-state index in [2.05, 4.69) is 22.1 Å². The van der Waals surface area contributed by atoms with Crippen LogP contribution in [-0.4, -0.2) is 56.6 Å². The first-order valence-corrected chi connectivity index (χ1v) is 8.71. The number of nitrogens with zero attached hydrogens (tertiary/aromatic N) is 5. The van der Waals surface area contributed by atoms with Gasteiger partial charge in [-0.15, -0.1) is 0 Å². The number of benzene rings is 1. The van der Waals surface area contributed by atoms with Crippen molar-refractivity contribution in [2.24, 2.45) is 0 Å². The number of piperazine rings is 1. The molecule has 0 saturated carbocycles. The van der Waals surface area contributed by atoms with Gasteiger partial charge in [-0.05, 0) is 19.4 Å². The first-order valence-electron chi connectivity index (χ1n) is 8.71. The summed E-state index contributed by atoms with van der Waals surface area (Å²) in [5.41, 5.74) is 1.53. The van der Waals surface area contributed by atoms with E-state index in [4.69, 9.17) is 0 Å². The third kappa shape index (κ3) is 3.91. The highest BCUT2D eigenvalue weighted by molar-refractivity contribution is 5.80. The second-order valence-corrected chi connectivity index (χ2v) is 6.60. The van der Waals surface area contributed by atoms with Gasteiger partial charge in [-0.3, -0.25) is 24.5 Å². The van der Waals surface area contributed by atoms with E-state index in [1.165, 1.54) is 16.4 Å². The molecule has 1 unspecified atom stereocenters. The van der Waals surface area contributed by atoms with Crippen LogP contribution < -0.4 is 0 Å². The zero-order chi connectivity index (χ0) is 18.7. The van der Waals surface area contributed by atoms with Gasteiger partial charge in [0.25, 0.3) is 0 Å². The first kappa shape index (κ1) is 18.1. The Balaban J connectivity index is 1.57. The van der Waals surface area contributed by atoms with E-state index in [-0.39, 0.29) is 11.6 Å². The Labute approximate surface area is 152 Å². The van der Waals surface area contributed by atoms with Gasteiger partial charge in [0.1, 0.15) is 17.9 Å². The molecule has 8 nitrogen and oxygen atoms in total. The van der Waals surface area contributed by atoms with Crippen molar-refractivity contribution in [1.82, 2.24) is 19.6 Å². The van der Waals surface area contributed by atoms with E-state index >= 15 is 0 Å². The van der Waals surface area contributed by atoms with E-state index in [1.807, 2.05) is 23.1 Å². The van der Waals surface area contributed by atoms with Crippen molar-refractivity contribution >= 4 is 11.6 Å². The Hall–Kier alpha value is -2.74. The topological polar surface area (TPSA) is 84.5 Å². The Morgan fingerprint density at radius 2 is 1.88 bits per heavy atom. The summed E-state index contributed by atoms with van der Waals surface area (Å²) in [5, 5.41) is 15.1. The zero-order valence-electron chi connectivity index (χ0n) is 15.0. The molecule has 1 saturated heterocycles. The van der Waals surface area contributed by atoms with Crippen LogP contribution in [0.2, 0.25) is 0 Å². The number of hydrogen-bond donors (Lipinski definition) is 0. The van der Waals surface area contributed by atoms with Crippen LogP contribution in [0.5, 0.6) is 0 Å². The zero-order valence-corrected chi connectivity index (χ0v) is 15.0. The molecule has 2 aromatic rings. The molecule has 1 aliphatic heterocycles. The summed E-state index contributed by atoms with van der Waals surface area (Å²) in [6, 6.07) is 9.72. The van der Waals surface area contributed by atoms with Crippen LogP contribution in [0.3, 0.4) is 0 Å². The second-order valence-electron chi connectivity index (χ2n) is 6.60. The van der Waals surface area contributed by atoms with Crippen molar-refractivity contribution in [2.45, 2.75) is 26.4 Å². The Morgan fingerprint density at radius 1 is 1.23 bits per heavy atom. The van der Waals surface area contributed by atoms with Gasteiger partial charge in [-0.2, -0.15) is 5.10 Å². The van der Waals surface area contributed by atoms with Crippen molar-refractivity contribution in [3.05, 3.63) is 57.9 Å². The summed E-state index contributed by atoms with van der Waals surface area (Å²) in [5.74, 6) is -0.0539. The molecule has 1 fully saturated rings. The lowest BCUT2D eigenvalue weighted by molar-refractivity contribution is -0.385. The van der Waals surface area contributed by atoms with Crippen molar-refractivity contribution < 1.29 is 9.72 Å². The van der Waals surface area contributed by atoms with Crippen LogP contribution >= 0.6 is 0 Å². The molecule has 1 amide bonds. The molecule has 1 atom stereocenters. The lowest BCUT2D eigenvalue weighted by Gasteiger charge is -2.36. The fourth-order valence-corrected chi connectivity index (χ4v) is 3.20. The van der Waals surface area contributed by atoms with Crippen LogP contribution in [0.25, 0.3) is 0 Å². The average molecular weight is 357 g/mol. The normalized spacial score (nSPS) is 16.5. The maximum absolute atomic E-state index is 12.7. The molecule has 0 radical (unpaired) electrons. The molecule has 8 heteroatoms. The van der Waals surface area contributed by atoms with Gasteiger partial charge in [-0.25, -0.2) is 0 Å². The SMILES string of the molecule is Cc1nn(C(C)C(=O)N2CCN(Cc3ccccc3)CC2)cc1[N+](=O)[O-]. The molecule has 1 aromatic heterocycles. The maximum Gasteiger partial charge on any atom is 0.309 e. The molecular formula is C18H23N5O3. The Morgan fingerprint density at radius 3 is 2.46 bits per heavy atom. The molecule has 0 aliphatic carbocycles. The molecule has 1 aliphatic rings. The lowest BCUT2D eigenvalue weighted by atomic mass is 10.2. The Kier molecular flexibility index (Phi) is 5.32. The van der Waals surface area contributed by atoms with Gasteiger partial charge >= 0.3 is 5.69 Å². The fourth-order valence-electron chi connectivity index (χ4n) is 3.20. The molecule has 2 heterocycles. The highest BCUT2D eigenvalue weighted by Crippen LogP contribution is 2.20. The standard InChI is InChI=1S/C18H23N5O3/c1-14-17(23(25)26)13-22(19-14)15(2)18(24)21-10-8-20(9-11-21)12-16-6-4-3-5-7-16/h3-7,13,15H,8-12H2,1-2H3. The highest BCUT2D eigenvalue weighted by atomic mass is 16.6. The molecule has 138 valence electrons. The molecular weight excluding hydrogens is 334 g/mol. The predicted molar refractivity (Wildman–Crippen MR) is 96.6 cm³/mol. The van der Waals surface area contributed by atoms with Gasteiger partial charge < -0.3 is 4.90 Å². The lowest BCUT2D eigenvalue weighted by Crippen LogP contribution is -2.49. The van der Waals surface area contributed by atoms with E-state index < -0.39 is 11.0 Å². The summed E-state index contributed by atoms with van der Waals surface area (Å²) >= 11 is 0. The molecule has 1 aromatic carbocycles. The Bertz CT molecular complexity index is 781. The number of rotatable bonds is 5. The number of nitro groups is 1. The molecule has 3 rings (SSSR count). The third-order valence-corrected chi connectivity index (χ3v) is 4.77. The molecule has 0 spiro atoms. The second kappa shape index (κ2) is 7.65. The number of carbonyl (C=O) groups excluding carboxylic acids is 1. The van der Waals surface area contributed by atoms with E-state index in [0.717, 1.165) is 19.6 Å². The average Bonchev–Trinajstić information content (AvgIpc) is 3.04. The molecule has 0 N–H and O–H groups in total. The van der Waals surface area contributed by atoms with Gasteiger partial charge in [-0.1, -0.05) is 30.3 Å². The quantitative estimate of drug-likeness (QED) is 0.604. The van der Waals surface area contributed by atoms with Gasteiger partial charge in [0.15, 0.2) is 0 Å². The van der Waals surface area contributed by atoms with Crippen LogP contribution in [0.15, 0.2) is 36.5 Å². The minimum atomic E-state index is -0.553. The van der Waals surface area contributed by atoms with Crippen LogP contribution in [-0.2, 0) is 11.3 Å². The summed E-state index contributed by atoms with van der Waals surface area (Å²) < 4.78 is 1.39. The monoisotopic (exact) mass is 357 g/mol. The first-order chi connectivity index (χ1) is 12.5. The van der Waals surface area contributed by atoms with Crippen molar-refractivity contribution in [3.8, 4) is 0 Å². The van der Waals surface area contributed by atoms with E-state index in [1.54, 1.807) is 13.8 Å². The minimum Gasteiger partial charge on any atom is -0.338 e. The van der Waals surface area contributed by atoms with Gasteiger partial charge in [0, 0.05) is 32.7 Å². The number of aromatic nitrogens is 2. The highest BCUT2D eigenvalue weighted by Gasteiger charge is 2.28. The third-order valence-electron chi connectivity index (χ3n) is 4.77. The number of carbonyl (C=O) groups is 1. The number of aryl methyl sites for hydroxylation is 1. The van der Waals surface area contributed by atoms with Crippen LogP contribution in [0.4, 0.5) is 5.69 Å². The van der Waals surface area contributed by atoms with Crippen LogP contribution in [0, 0.1) is 17.0 Å². The summed E-state index contributed by atoms with van der Waals surface area (Å²) in [6.45, 7) is 7.11. The molecule has 0 bridgehead atoms. The summed E-state index contributed by atoms with van der Waals surface area (Å²) in [4.78, 5) is 27.4. The fraction of sp³-hybridized carbons (Fsp3) is 0.444. The number of amides is 1. The summed E-state index contributed by atoms with van der Waals surface area (Å²) in [6.07, 6.45) is 1.34. The molecule has 26 heavy (non-hydrogen) atoms. The minimum absolute atomic E-state index is 0.0539. The van der Waals surface area contributed by atoms with Gasteiger partial charge in [0.2, 0.25) is 5.91 Å². The summed E-state index contributed by atoms with van der Waals surface area (Å²) in [7, 11) is 0. The van der Waals surface area contributed by atoms with E-state index in [0.29, 0.717) is 18.8 Å². The predicted octanol–water partition coefficient (Wildman–Crippen LogP) is 2.01. The number of hydrogen-bond acceptors (Lipinski definition) is 5. The van der Waals surface area contributed by atoms with Crippen molar-refractivity contribution in [2.75, 3.05) is 26.2 Å². The largest absolute Gasteiger partial charge is 0.338 e. The van der Waals surface area contributed by atoms with Crippen molar-refractivity contribution in [1.29, 1.82) is 0 Å². The van der Waals surface area contributed by atoms with Crippen LogP contribution in [0.1, 0.15) is 24.2 Å². The maximum atomic E-state index is 12.7. The smallest absolute Gasteiger partial charge is 0.309 e.